The zero-order valence-corrected chi connectivity index (χ0v) is 22.1. The SMILES string of the molecule is CCOC(=O)/C(=C/c1ccc(OC(C)c2cc3c(cc2C)C(C)(C)CCC3(C)C)cc1)OCC. The lowest BCUT2D eigenvalue weighted by atomic mass is 9.62. The van der Waals surface area contributed by atoms with E-state index in [1.807, 2.05) is 31.2 Å². The van der Waals surface area contributed by atoms with Crippen LogP contribution in [0.25, 0.3) is 6.08 Å². The number of hydrogen-bond donors (Lipinski definition) is 0. The molecule has 1 atom stereocenters. The van der Waals surface area contributed by atoms with Crippen molar-refractivity contribution < 1.29 is 19.0 Å². The molecular formula is C30H40O4. The predicted molar refractivity (Wildman–Crippen MR) is 138 cm³/mol. The Morgan fingerprint density at radius 3 is 2.06 bits per heavy atom. The van der Waals surface area contributed by atoms with E-state index in [-0.39, 0.29) is 22.7 Å². The first kappa shape index (κ1) is 25.9. The molecule has 4 heteroatoms. The number of fused-ring (bicyclic) bond motifs is 1. The van der Waals surface area contributed by atoms with Crippen molar-refractivity contribution >= 4 is 12.0 Å². The van der Waals surface area contributed by atoms with Gasteiger partial charge in [0, 0.05) is 0 Å². The molecule has 184 valence electrons. The summed E-state index contributed by atoms with van der Waals surface area (Å²) in [7, 11) is 0. The lowest BCUT2D eigenvalue weighted by Gasteiger charge is -2.42. The highest BCUT2D eigenvalue weighted by Crippen LogP contribution is 2.47. The second-order valence-corrected chi connectivity index (χ2v) is 10.5. The van der Waals surface area contributed by atoms with Crippen molar-refractivity contribution in [2.45, 2.75) is 85.2 Å². The molecule has 0 aliphatic heterocycles. The molecule has 0 N–H and O–H groups in total. The molecule has 1 unspecified atom stereocenters. The Morgan fingerprint density at radius 2 is 1.50 bits per heavy atom. The molecule has 0 fully saturated rings. The van der Waals surface area contributed by atoms with Crippen molar-refractivity contribution in [3.8, 4) is 5.75 Å². The fourth-order valence-electron chi connectivity index (χ4n) is 4.76. The zero-order chi connectivity index (χ0) is 25.1. The maximum atomic E-state index is 12.1. The van der Waals surface area contributed by atoms with Gasteiger partial charge in [-0.3, -0.25) is 0 Å². The van der Waals surface area contributed by atoms with Gasteiger partial charge in [-0.25, -0.2) is 4.79 Å². The Kier molecular flexibility index (Phi) is 7.80. The van der Waals surface area contributed by atoms with Crippen LogP contribution in [0, 0.1) is 6.92 Å². The highest BCUT2D eigenvalue weighted by atomic mass is 16.6. The quantitative estimate of drug-likeness (QED) is 0.232. The lowest BCUT2D eigenvalue weighted by Crippen LogP contribution is -2.34. The van der Waals surface area contributed by atoms with Crippen LogP contribution < -0.4 is 4.74 Å². The van der Waals surface area contributed by atoms with E-state index >= 15 is 0 Å². The molecule has 1 aliphatic rings. The minimum absolute atomic E-state index is 0.0777. The molecule has 2 aromatic rings. The number of ether oxygens (including phenoxy) is 3. The monoisotopic (exact) mass is 464 g/mol. The van der Waals surface area contributed by atoms with Gasteiger partial charge in [0.2, 0.25) is 5.76 Å². The van der Waals surface area contributed by atoms with Crippen LogP contribution in [0.15, 0.2) is 42.2 Å². The van der Waals surface area contributed by atoms with E-state index in [1.165, 1.54) is 35.1 Å². The minimum atomic E-state index is -0.452. The highest BCUT2D eigenvalue weighted by Gasteiger charge is 2.37. The molecule has 1 aliphatic carbocycles. The van der Waals surface area contributed by atoms with Gasteiger partial charge < -0.3 is 14.2 Å². The fourth-order valence-corrected chi connectivity index (χ4v) is 4.76. The third-order valence-corrected chi connectivity index (χ3v) is 6.94. The average molecular weight is 465 g/mol. The van der Waals surface area contributed by atoms with Gasteiger partial charge in [0.25, 0.3) is 0 Å². The van der Waals surface area contributed by atoms with Gasteiger partial charge in [0.05, 0.1) is 13.2 Å². The van der Waals surface area contributed by atoms with Gasteiger partial charge in [0.15, 0.2) is 0 Å². The second kappa shape index (κ2) is 10.2. The molecule has 0 bridgehead atoms. The van der Waals surface area contributed by atoms with Crippen molar-refractivity contribution in [3.05, 3.63) is 70.0 Å². The topological polar surface area (TPSA) is 44.8 Å². The van der Waals surface area contributed by atoms with Gasteiger partial charge >= 0.3 is 5.97 Å². The van der Waals surface area contributed by atoms with Gasteiger partial charge in [0.1, 0.15) is 11.9 Å². The second-order valence-electron chi connectivity index (χ2n) is 10.5. The summed E-state index contributed by atoms with van der Waals surface area (Å²) in [6.45, 7) is 18.0. The number of carbonyl (C=O) groups is 1. The van der Waals surface area contributed by atoms with Crippen molar-refractivity contribution in [1.82, 2.24) is 0 Å². The molecule has 0 spiro atoms. The molecule has 0 heterocycles. The Labute approximate surface area is 205 Å². The predicted octanol–water partition coefficient (Wildman–Crippen LogP) is 7.42. The van der Waals surface area contributed by atoms with Crippen LogP contribution in [-0.4, -0.2) is 19.2 Å². The fraction of sp³-hybridized carbons (Fsp3) is 0.500. The standard InChI is InChI=1S/C30H40O4/c1-9-32-27(28(31)33-10-2)18-22-11-13-23(14-12-22)34-21(4)24-19-26-25(17-20(24)3)29(5,6)15-16-30(26,7)8/h11-14,17-19,21H,9-10,15-16H2,1-8H3/b27-18-. The first-order valence-electron chi connectivity index (χ1n) is 12.4. The molecule has 3 rings (SSSR count). The number of aryl methyl sites for hydroxylation is 1. The van der Waals surface area contributed by atoms with Gasteiger partial charge in [-0.05, 0) is 97.4 Å². The summed E-state index contributed by atoms with van der Waals surface area (Å²) in [5.74, 6) is 0.546. The zero-order valence-electron chi connectivity index (χ0n) is 22.1. The largest absolute Gasteiger partial charge is 0.487 e. The summed E-state index contributed by atoms with van der Waals surface area (Å²) in [6.07, 6.45) is 4.02. The molecule has 34 heavy (non-hydrogen) atoms. The average Bonchev–Trinajstić information content (AvgIpc) is 2.78. The molecule has 0 saturated carbocycles. The van der Waals surface area contributed by atoms with Crippen molar-refractivity contribution in [2.24, 2.45) is 0 Å². The summed E-state index contributed by atoms with van der Waals surface area (Å²) in [6, 6.07) is 12.5. The third kappa shape index (κ3) is 5.65. The normalized spacial score (nSPS) is 17.5. The number of rotatable bonds is 8. The smallest absolute Gasteiger partial charge is 0.373 e. The van der Waals surface area contributed by atoms with Crippen LogP contribution in [0.4, 0.5) is 0 Å². The van der Waals surface area contributed by atoms with E-state index in [1.54, 1.807) is 13.0 Å². The van der Waals surface area contributed by atoms with Crippen LogP contribution in [0.5, 0.6) is 5.75 Å². The number of hydrogen-bond acceptors (Lipinski definition) is 4. The summed E-state index contributed by atoms with van der Waals surface area (Å²) in [5, 5.41) is 0. The molecular weight excluding hydrogens is 424 g/mol. The first-order valence-corrected chi connectivity index (χ1v) is 12.4. The molecule has 0 saturated heterocycles. The minimum Gasteiger partial charge on any atom is -0.487 e. The van der Waals surface area contributed by atoms with E-state index in [0.29, 0.717) is 13.2 Å². The maximum absolute atomic E-state index is 12.1. The van der Waals surface area contributed by atoms with Crippen LogP contribution in [0.2, 0.25) is 0 Å². The van der Waals surface area contributed by atoms with Gasteiger partial charge in [-0.1, -0.05) is 52.0 Å². The number of carbonyl (C=O) groups excluding carboxylic acids is 1. The molecule has 0 amide bonds. The Morgan fingerprint density at radius 1 is 0.941 bits per heavy atom. The molecule has 4 nitrogen and oxygen atoms in total. The van der Waals surface area contributed by atoms with E-state index in [4.69, 9.17) is 14.2 Å². The summed E-state index contributed by atoms with van der Waals surface area (Å²) in [5.41, 5.74) is 6.64. The third-order valence-electron chi connectivity index (χ3n) is 6.94. The molecule has 0 radical (unpaired) electrons. The van der Waals surface area contributed by atoms with Crippen LogP contribution >= 0.6 is 0 Å². The summed E-state index contributed by atoms with van der Waals surface area (Å²) >= 11 is 0. The van der Waals surface area contributed by atoms with E-state index in [0.717, 1.165) is 11.3 Å². The Bertz CT molecular complexity index is 1040. The van der Waals surface area contributed by atoms with Crippen molar-refractivity contribution in [2.75, 3.05) is 13.2 Å². The van der Waals surface area contributed by atoms with Crippen LogP contribution in [-0.2, 0) is 25.1 Å². The van der Waals surface area contributed by atoms with Crippen molar-refractivity contribution in [3.63, 3.8) is 0 Å². The molecule has 0 aromatic heterocycles. The van der Waals surface area contributed by atoms with E-state index in [9.17, 15) is 4.79 Å². The van der Waals surface area contributed by atoms with E-state index < -0.39 is 5.97 Å². The first-order chi connectivity index (χ1) is 16.0. The number of esters is 1. The summed E-state index contributed by atoms with van der Waals surface area (Å²) < 4.78 is 16.9. The number of benzene rings is 2. The van der Waals surface area contributed by atoms with E-state index in [2.05, 4.69) is 53.7 Å². The van der Waals surface area contributed by atoms with Crippen LogP contribution in [0.1, 0.15) is 95.2 Å². The van der Waals surface area contributed by atoms with Crippen LogP contribution in [0.3, 0.4) is 0 Å². The summed E-state index contributed by atoms with van der Waals surface area (Å²) in [4.78, 5) is 12.1. The highest BCUT2D eigenvalue weighted by molar-refractivity contribution is 5.91. The maximum Gasteiger partial charge on any atom is 0.373 e. The Balaban J connectivity index is 1.82. The van der Waals surface area contributed by atoms with Crippen molar-refractivity contribution in [1.29, 1.82) is 0 Å². The Hall–Kier alpha value is -2.75. The molecule has 2 aromatic carbocycles. The van der Waals surface area contributed by atoms with Gasteiger partial charge in [-0.15, -0.1) is 0 Å². The van der Waals surface area contributed by atoms with Gasteiger partial charge in [-0.2, -0.15) is 0 Å². The lowest BCUT2D eigenvalue weighted by molar-refractivity contribution is -0.142.